The molecule has 0 aliphatic heterocycles. The van der Waals surface area contributed by atoms with Crippen LogP contribution in [-0.2, 0) is 0 Å². The third-order valence-corrected chi connectivity index (χ3v) is 3.86. The number of pyridine rings is 1. The monoisotopic (exact) mass is 283 g/mol. The molecule has 110 valence electrons. The van der Waals surface area contributed by atoms with Gasteiger partial charge in [-0.25, -0.2) is 0 Å². The van der Waals surface area contributed by atoms with Crippen LogP contribution in [-0.4, -0.2) is 23.5 Å². The summed E-state index contributed by atoms with van der Waals surface area (Å²) in [6, 6.07) is 9.89. The number of hydrogen-bond acceptors (Lipinski definition) is 3. The van der Waals surface area contributed by atoms with E-state index in [1.165, 1.54) is 12.8 Å². The van der Waals surface area contributed by atoms with Gasteiger partial charge in [0.2, 0.25) is 0 Å². The van der Waals surface area contributed by atoms with Crippen molar-refractivity contribution in [2.75, 3.05) is 6.54 Å². The van der Waals surface area contributed by atoms with Gasteiger partial charge in [-0.05, 0) is 38.3 Å². The van der Waals surface area contributed by atoms with Crippen LogP contribution in [0.15, 0.2) is 30.3 Å². The van der Waals surface area contributed by atoms with Crippen LogP contribution in [0.2, 0.25) is 0 Å². The Morgan fingerprint density at radius 1 is 1.43 bits per heavy atom. The molecule has 4 heteroatoms. The second kappa shape index (κ2) is 5.82. The fourth-order valence-electron chi connectivity index (χ4n) is 2.48. The van der Waals surface area contributed by atoms with Gasteiger partial charge in [0.05, 0.1) is 11.1 Å². The van der Waals surface area contributed by atoms with E-state index in [-0.39, 0.29) is 11.9 Å². The first-order chi connectivity index (χ1) is 10.1. The largest absolute Gasteiger partial charge is 0.352 e. The van der Waals surface area contributed by atoms with Crippen LogP contribution in [0.25, 0.3) is 10.9 Å². The molecule has 1 aliphatic carbocycles. The topological polar surface area (TPSA) is 68.0 Å². The third-order valence-electron chi connectivity index (χ3n) is 3.86. The fourth-order valence-corrected chi connectivity index (χ4v) is 2.48. The Hall–Kier alpha value is -1.94. The maximum atomic E-state index is 12.5. The number of carbonyl (C=O) groups excluding carboxylic acids is 1. The first-order valence-electron chi connectivity index (χ1n) is 7.58. The van der Waals surface area contributed by atoms with Crippen molar-refractivity contribution >= 4 is 16.8 Å². The predicted molar refractivity (Wildman–Crippen MR) is 84.3 cm³/mol. The molecule has 0 radical (unpaired) electrons. The lowest BCUT2D eigenvalue weighted by molar-refractivity contribution is 0.0954. The molecule has 0 saturated heterocycles. The summed E-state index contributed by atoms with van der Waals surface area (Å²) in [5, 5.41) is 3.88. The standard InChI is InChI=1S/C17H21N3O/c1-11(18)8-9-19-17(21)14-10-16(12-6-7-12)20-15-5-3-2-4-13(14)15/h2-5,10-12H,6-9,18H2,1H3,(H,19,21). The number of benzene rings is 1. The number of amides is 1. The summed E-state index contributed by atoms with van der Waals surface area (Å²) in [5.74, 6) is 0.501. The van der Waals surface area contributed by atoms with Crippen LogP contribution in [0.4, 0.5) is 0 Å². The zero-order valence-electron chi connectivity index (χ0n) is 12.3. The van der Waals surface area contributed by atoms with Crippen LogP contribution in [0.1, 0.15) is 48.2 Å². The number of nitrogens with two attached hydrogens (primary N) is 1. The van der Waals surface area contributed by atoms with Gasteiger partial charge in [0.15, 0.2) is 0 Å². The van der Waals surface area contributed by atoms with Crippen LogP contribution in [0, 0.1) is 0 Å². The highest BCUT2D eigenvalue weighted by Crippen LogP contribution is 2.40. The van der Waals surface area contributed by atoms with E-state index < -0.39 is 0 Å². The smallest absolute Gasteiger partial charge is 0.252 e. The molecule has 1 fully saturated rings. The highest BCUT2D eigenvalue weighted by atomic mass is 16.1. The summed E-state index contributed by atoms with van der Waals surface area (Å²) in [5.41, 5.74) is 8.40. The molecule has 3 rings (SSSR count). The van der Waals surface area contributed by atoms with Crippen molar-refractivity contribution < 1.29 is 4.79 Å². The average molecular weight is 283 g/mol. The van der Waals surface area contributed by atoms with E-state index in [9.17, 15) is 4.79 Å². The lowest BCUT2D eigenvalue weighted by Gasteiger charge is -2.11. The molecule has 1 atom stereocenters. The Kier molecular flexibility index (Phi) is 3.88. The molecule has 0 bridgehead atoms. The first kappa shape index (κ1) is 14.0. The Balaban J connectivity index is 1.90. The van der Waals surface area contributed by atoms with E-state index in [0.717, 1.165) is 28.6 Å². The van der Waals surface area contributed by atoms with Crippen LogP contribution in [0.3, 0.4) is 0 Å². The van der Waals surface area contributed by atoms with Gasteiger partial charge in [-0.1, -0.05) is 18.2 Å². The minimum atomic E-state index is -0.0313. The summed E-state index contributed by atoms with van der Waals surface area (Å²) >= 11 is 0. The Bertz CT molecular complexity index is 662. The second-order valence-electron chi connectivity index (χ2n) is 5.91. The van der Waals surface area contributed by atoms with Crippen LogP contribution in [0.5, 0.6) is 0 Å². The quantitative estimate of drug-likeness (QED) is 0.886. The number of rotatable bonds is 5. The maximum Gasteiger partial charge on any atom is 0.252 e. The normalized spacial score (nSPS) is 15.9. The number of aromatic nitrogens is 1. The van der Waals surface area contributed by atoms with Gasteiger partial charge in [0.1, 0.15) is 0 Å². The van der Waals surface area contributed by atoms with Crippen LogP contribution >= 0.6 is 0 Å². The number of nitrogens with zero attached hydrogens (tertiary/aromatic N) is 1. The molecule has 3 N–H and O–H groups in total. The number of nitrogens with one attached hydrogen (secondary N) is 1. The van der Waals surface area contributed by atoms with Crippen molar-refractivity contribution in [3.8, 4) is 0 Å². The van der Waals surface area contributed by atoms with E-state index in [1.54, 1.807) is 0 Å². The second-order valence-corrected chi connectivity index (χ2v) is 5.91. The molecule has 21 heavy (non-hydrogen) atoms. The van der Waals surface area contributed by atoms with Crippen molar-refractivity contribution in [2.45, 2.75) is 38.1 Å². The fraction of sp³-hybridized carbons (Fsp3) is 0.412. The molecular weight excluding hydrogens is 262 g/mol. The molecule has 1 aromatic heterocycles. The maximum absolute atomic E-state index is 12.5. The van der Waals surface area contributed by atoms with Crippen molar-refractivity contribution in [3.05, 3.63) is 41.6 Å². The summed E-state index contributed by atoms with van der Waals surface area (Å²) in [4.78, 5) is 17.1. The molecule has 1 amide bonds. The molecule has 4 nitrogen and oxygen atoms in total. The minimum Gasteiger partial charge on any atom is -0.352 e. The van der Waals surface area contributed by atoms with Crippen molar-refractivity contribution in [3.63, 3.8) is 0 Å². The van der Waals surface area contributed by atoms with E-state index in [0.29, 0.717) is 12.5 Å². The zero-order valence-corrected chi connectivity index (χ0v) is 12.3. The van der Waals surface area contributed by atoms with Gasteiger partial charge in [0.25, 0.3) is 5.91 Å². The van der Waals surface area contributed by atoms with Gasteiger partial charge < -0.3 is 11.1 Å². The number of para-hydroxylation sites is 1. The van der Waals surface area contributed by atoms with Crippen molar-refractivity contribution in [1.29, 1.82) is 0 Å². The third kappa shape index (κ3) is 3.22. The lowest BCUT2D eigenvalue weighted by atomic mass is 10.1. The average Bonchev–Trinajstić information content (AvgIpc) is 3.30. The predicted octanol–water partition coefficient (Wildman–Crippen LogP) is 2.58. The number of carbonyl (C=O) groups is 1. The van der Waals surface area contributed by atoms with Gasteiger partial charge in [0, 0.05) is 29.6 Å². The molecule has 1 aliphatic rings. The summed E-state index contributed by atoms with van der Waals surface area (Å²) < 4.78 is 0. The summed E-state index contributed by atoms with van der Waals surface area (Å²) in [7, 11) is 0. The molecule has 1 heterocycles. The first-order valence-corrected chi connectivity index (χ1v) is 7.58. The Labute approximate surface area is 124 Å². The lowest BCUT2D eigenvalue weighted by Crippen LogP contribution is -2.29. The minimum absolute atomic E-state index is 0.0313. The van der Waals surface area contributed by atoms with E-state index in [1.807, 2.05) is 37.3 Å². The van der Waals surface area contributed by atoms with Gasteiger partial charge >= 0.3 is 0 Å². The van der Waals surface area contributed by atoms with E-state index in [4.69, 9.17) is 5.73 Å². The van der Waals surface area contributed by atoms with Crippen LogP contribution < -0.4 is 11.1 Å². The number of hydrogen-bond donors (Lipinski definition) is 2. The molecular formula is C17H21N3O. The zero-order chi connectivity index (χ0) is 14.8. The molecule has 0 spiro atoms. The van der Waals surface area contributed by atoms with Crippen molar-refractivity contribution in [2.24, 2.45) is 5.73 Å². The Morgan fingerprint density at radius 3 is 2.90 bits per heavy atom. The molecule has 2 aromatic rings. The highest BCUT2D eigenvalue weighted by Gasteiger charge is 2.26. The number of fused-ring (bicyclic) bond motifs is 1. The Morgan fingerprint density at radius 2 is 2.19 bits per heavy atom. The summed E-state index contributed by atoms with van der Waals surface area (Å²) in [6.07, 6.45) is 3.14. The van der Waals surface area contributed by atoms with Gasteiger partial charge in [-0.2, -0.15) is 0 Å². The molecule has 1 saturated carbocycles. The SMILES string of the molecule is CC(N)CCNC(=O)c1cc(C2CC2)nc2ccccc12. The summed E-state index contributed by atoms with van der Waals surface area (Å²) in [6.45, 7) is 2.55. The van der Waals surface area contributed by atoms with Gasteiger partial charge in [-0.15, -0.1) is 0 Å². The van der Waals surface area contributed by atoms with Gasteiger partial charge in [-0.3, -0.25) is 9.78 Å². The highest BCUT2D eigenvalue weighted by molar-refractivity contribution is 6.06. The molecule has 1 unspecified atom stereocenters. The van der Waals surface area contributed by atoms with E-state index in [2.05, 4.69) is 10.3 Å². The van der Waals surface area contributed by atoms with E-state index >= 15 is 0 Å². The van der Waals surface area contributed by atoms with Crippen molar-refractivity contribution in [1.82, 2.24) is 10.3 Å². The molecule has 1 aromatic carbocycles.